The fourth-order valence-electron chi connectivity index (χ4n) is 2.36. The number of carbonyl (C=O) groups excluding carboxylic acids is 1. The van der Waals surface area contributed by atoms with E-state index in [1.165, 1.54) is 0 Å². The zero-order chi connectivity index (χ0) is 13.5. The molecule has 0 spiro atoms. The lowest BCUT2D eigenvalue weighted by atomic mass is 9.91. The molecule has 0 saturated carbocycles. The van der Waals surface area contributed by atoms with Crippen molar-refractivity contribution in [3.63, 3.8) is 0 Å². The van der Waals surface area contributed by atoms with Gasteiger partial charge in [0.25, 0.3) is 0 Å². The average Bonchev–Trinajstić information content (AvgIpc) is 2.78. The molecule has 0 radical (unpaired) electrons. The van der Waals surface area contributed by atoms with Crippen LogP contribution in [0.2, 0.25) is 0 Å². The molecule has 0 bridgehead atoms. The number of methoxy groups -OCH3 is 1. The van der Waals surface area contributed by atoms with Crippen LogP contribution in [0, 0.1) is 0 Å². The Labute approximate surface area is 111 Å². The molecular weight excluding hydrogens is 242 g/mol. The smallest absolute Gasteiger partial charge is 0.408 e. The molecule has 1 fully saturated rings. The fraction of sp³-hybridized carbons (Fsp3) is 0.267. The van der Waals surface area contributed by atoms with E-state index in [1.807, 2.05) is 37.3 Å². The molecule has 2 aromatic rings. The number of amides is 1. The lowest BCUT2D eigenvalue weighted by molar-refractivity contribution is 0.173. The summed E-state index contributed by atoms with van der Waals surface area (Å²) in [7, 11) is 1.65. The van der Waals surface area contributed by atoms with Gasteiger partial charge in [-0.2, -0.15) is 0 Å². The van der Waals surface area contributed by atoms with Crippen LogP contribution < -0.4 is 10.1 Å². The van der Waals surface area contributed by atoms with Crippen LogP contribution >= 0.6 is 0 Å². The second-order valence-corrected chi connectivity index (χ2v) is 4.96. The quantitative estimate of drug-likeness (QED) is 0.900. The standard InChI is InChI=1S/C15H15NO3/c1-15(9-19-14(17)16-15)12-5-3-11-8-13(18-2)6-4-10(11)7-12/h3-8H,9H2,1-2H3,(H,16,17). The second kappa shape index (κ2) is 4.16. The van der Waals surface area contributed by atoms with E-state index in [0.717, 1.165) is 22.1 Å². The van der Waals surface area contributed by atoms with Crippen LogP contribution in [0.15, 0.2) is 36.4 Å². The third-order valence-electron chi connectivity index (χ3n) is 3.55. The maximum Gasteiger partial charge on any atom is 0.408 e. The predicted octanol–water partition coefficient (Wildman–Crippen LogP) is 2.80. The highest BCUT2D eigenvalue weighted by Crippen LogP contribution is 2.29. The number of cyclic esters (lactones) is 1. The molecule has 1 atom stereocenters. The lowest BCUT2D eigenvalue weighted by Gasteiger charge is -2.22. The first kappa shape index (κ1) is 11.8. The van der Waals surface area contributed by atoms with Crippen molar-refractivity contribution in [3.8, 4) is 5.75 Å². The largest absolute Gasteiger partial charge is 0.497 e. The summed E-state index contributed by atoms with van der Waals surface area (Å²) in [4.78, 5) is 11.2. The van der Waals surface area contributed by atoms with Crippen molar-refractivity contribution in [2.75, 3.05) is 13.7 Å². The molecule has 1 aliphatic rings. The van der Waals surface area contributed by atoms with Gasteiger partial charge in [0.2, 0.25) is 0 Å². The monoisotopic (exact) mass is 257 g/mol. The molecule has 1 saturated heterocycles. The highest BCUT2D eigenvalue weighted by molar-refractivity contribution is 5.85. The van der Waals surface area contributed by atoms with E-state index in [-0.39, 0.29) is 6.09 Å². The Kier molecular flexibility index (Phi) is 2.59. The number of rotatable bonds is 2. The van der Waals surface area contributed by atoms with Gasteiger partial charge in [-0.1, -0.05) is 18.2 Å². The number of ether oxygens (including phenoxy) is 2. The Bertz CT molecular complexity index is 653. The molecule has 1 N–H and O–H groups in total. The summed E-state index contributed by atoms with van der Waals surface area (Å²) in [5.41, 5.74) is 0.585. The van der Waals surface area contributed by atoms with Gasteiger partial charge in [-0.05, 0) is 41.5 Å². The fourth-order valence-corrected chi connectivity index (χ4v) is 2.36. The molecule has 3 rings (SSSR count). The molecule has 1 amide bonds. The Morgan fingerprint density at radius 3 is 2.63 bits per heavy atom. The van der Waals surface area contributed by atoms with Crippen LogP contribution in [0.5, 0.6) is 5.75 Å². The number of hydrogen-bond donors (Lipinski definition) is 1. The molecule has 4 heteroatoms. The van der Waals surface area contributed by atoms with Crippen molar-refractivity contribution in [1.29, 1.82) is 0 Å². The van der Waals surface area contributed by atoms with E-state index in [0.29, 0.717) is 6.61 Å². The van der Waals surface area contributed by atoms with Crippen molar-refractivity contribution in [3.05, 3.63) is 42.0 Å². The van der Waals surface area contributed by atoms with Gasteiger partial charge < -0.3 is 14.8 Å². The van der Waals surface area contributed by atoms with E-state index < -0.39 is 5.54 Å². The van der Waals surface area contributed by atoms with Gasteiger partial charge in [0, 0.05) is 0 Å². The number of fused-ring (bicyclic) bond motifs is 1. The van der Waals surface area contributed by atoms with Crippen LogP contribution in [0.25, 0.3) is 10.8 Å². The minimum absolute atomic E-state index is 0.355. The van der Waals surface area contributed by atoms with Crippen LogP contribution in [0.1, 0.15) is 12.5 Å². The van der Waals surface area contributed by atoms with Gasteiger partial charge in [0.05, 0.1) is 12.6 Å². The first-order valence-electron chi connectivity index (χ1n) is 6.14. The summed E-state index contributed by atoms with van der Waals surface area (Å²) < 4.78 is 10.2. The van der Waals surface area contributed by atoms with E-state index in [9.17, 15) is 4.79 Å². The van der Waals surface area contributed by atoms with E-state index in [4.69, 9.17) is 9.47 Å². The Morgan fingerprint density at radius 1 is 1.21 bits per heavy atom. The normalized spacial score (nSPS) is 22.1. The molecule has 1 unspecified atom stereocenters. The Morgan fingerprint density at radius 2 is 1.95 bits per heavy atom. The van der Waals surface area contributed by atoms with Gasteiger partial charge in [0.15, 0.2) is 0 Å². The van der Waals surface area contributed by atoms with Crippen molar-refractivity contribution >= 4 is 16.9 Å². The second-order valence-electron chi connectivity index (χ2n) is 4.96. The third-order valence-corrected chi connectivity index (χ3v) is 3.55. The summed E-state index contributed by atoms with van der Waals surface area (Å²) in [5, 5.41) is 5.07. The molecule has 98 valence electrons. The van der Waals surface area contributed by atoms with Crippen molar-refractivity contribution in [2.45, 2.75) is 12.5 Å². The number of carbonyl (C=O) groups is 1. The first-order chi connectivity index (χ1) is 9.10. The summed E-state index contributed by atoms with van der Waals surface area (Å²) in [6.07, 6.45) is -0.364. The van der Waals surface area contributed by atoms with E-state index in [1.54, 1.807) is 7.11 Å². The highest BCUT2D eigenvalue weighted by Gasteiger charge is 2.36. The van der Waals surface area contributed by atoms with Gasteiger partial charge in [0.1, 0.15) is 12.4 Å². The first-order valence-corrected chi connectivity index (χ1v) is 6.14. The zero-order valence-electron chi connectivity index (χ0n) is 10.9. The number of nitrogens with one attached hydrogen (secondary N) is 1. The SMILES string of the molecule is COc1ccc2cc(C3(C)COC(=O)N3)ccc2c1. The summed E-state index contributed by atoms with van der Waals surface area (Å²) in [6, 6.07) is 12.0. The number of hydrogen-bond acceptors (Lipinski definition) is 3. The van der Waals surface area contributed by atoms with Crippen molar-refractivity contribution in [2.24, 2.45) is 0 Å². The summed E-state index contributed by atoms with van der Waals surface area (Å²) >= 11 is 0. The minimum atomic E-state index is -0.453. The third kappa shape index (κ3) is 1.99. The van der Waals surface area contributed by atoms with Gasteiger partial charge in [-0.25, -0.2) is 4.79 Å². The maximum atomic E-state index is 11.2. The lowest BCUT2D eigenvalue weighted by Crippen LogP contribution is -2.37. The molecular formula is C15H15NO3. The molecule has 2 aromatic carbocycles. The summed E-state index contributed by atoms with van der Waals surface area (Å²) in [5.74, 6) is 0.837. The summed E-state index contributed by atoms with van der Waals surface area (Å²) in [6.45, 7) is 2.32. The van der Waals surface area contributed by atoms with Crippen LogP contribution in [-0.2, 0) is 10.3 Å². The van der Waals surface area contributed by atoms with Gasteiger partial charge in [-0.15, -0.1) is 0 Å². The average molecular weight is 257 g/mol. The van der Waals surface area contributed by atoms with E-state index >= 15 is 0 Å². The van der Waals surface area contributed by atoms with Crippen molar-refractivity contribution < 1.29 is 14.3 Å². The van der Waals surface area contributed by atoms with Crippen molar-refractivity contribution in [1.82, 2.24) is 5.32 Å². The van der Waals surface area contributed by atoms with Crippen LogP contribution in [0.4, 0.5) is 4.79 Å². The molecule has 19 heavy (non-hydrogen) atoms. The molecule has 1 heterocycles. The molecule has 0 aliphatic carbocycles. The predicted molar refractivity (Wildman–Crippen MR) is 72.3 cm³/mol. The van der Waals surface area contributed by atoms with E-state index in [2.05, 4.69) is 11.4 Å². The molecule has 4 nitrogen and oxygen atoms in total. The number of alkyl carbamates (subject to hydrolysis) is 1. The zero-order valence-corrected chi connectivity index (χ0v) is 10.9. The minimum Gasteiger partial charge on any atom is -0.497 e. The van der Waals surface area contributed by atoms with Gasteiger partial charge >= 0.3 is 6.09 Å². The highest BCUT2D eigenvalue weighted by atomic mass is 16.6. The maximum absolute atomic E-state index is 11.2. The topological polar surface area (TPSA) is 47.6 Å². The molecule has 0 aromatic heterocycles. The number of benzene rings is 2. The Hall–Kier alpha value is -2.23. The molecule has 1 aliphatic heterocycles. The Balaban J connectivity index is 2.05. The van der Waals surface area contributed by atoms with Crippen LogP contribution in [0.3, 0.4) is 0 Å². The van der Waals surface area contributed by atoms with Crippen LogP contribution in [-0.4, -0.2) is 19.8 Å². The van der Waals surface area contributed by atoms with Gasteiger partial charge in [-0.3, -0.25) is 0 Å².